The summed E-state index contributed by atoms with van der Waals surface area (Å²) in [5.74, 6) is -3.29. The van der Waals surface area contributed by atoms with E-state index in [2.05, 4.69) is 4.72 Å². The van der Waals surface area contributed by atoms with E-state index in [1.165, 1.54) is 17.0 Å². The molecule has 5 nitrogen and oxygen atoms in total. The van der Waals surface area contributed by atoms with E-state index in [-0.39, 0.29) is 37.0 Å². The molecule has 2 atom stereocenters. The van der Waals surface area contributed by atoms with Crippen molar-refractivity contribution in [3.8, 4) is 0 Å². The highest BCUT2D eigenvalue weighted by Crippen LogP contribution is 2.38. The van der Waals surface area contributed by atoms with Crippen molar-refractivity contribution in [3.05, 3.63) is 35.4 Å². The molecule has 0 bridgehead atoms. The van der Waals surface area contributed by atoms with Gasteiger partial charge in [-0.1, -0.05) is 18.2 Å². The molecule has 30 heavy (non-hydrogen) atoms. The van der Waals surface area contributed by atoms with Crippen LogP contribution in [0, 0.1) is 5.92 Å². The maximum absolute atomic E-state index is 14.9. The summed E-state index contributed by atoms with van der Waals surface area (Å²) in [5.41, 5.74) is -0.00632. The van der Waals surface area contributed by atoms with Gasteiger partial charge in [-0.15, -0.1) is 0 Å². The number of amides is 1. The molecule has 1 aromatic carbocycles. The Hall–Kier alpha value is -1.54. The second-order valence-corrected chi connectivity index (χ2v) is 12.0. The minimum Gasteiger partial charge on any atom is -0.444 e. The zero-order chi connectivity index (χ0) is 22.9. The SMILES string of the molecule is C[C@@H](N[S@@](=O)C(C)(C)C)c1cccc(C(F)(F)CC2CN(C(=O)OC(C)(C)C)C2)c1. The molecule has 1 aliphatic rings. The molecule has 0 saturated carbocycles. The Kier molecular flexibility index (Phi) is 7.34. The van der Waals surface area contributed by atoms with Crippen molar-refractivity contribution < 1.29 is 22.5 Å². The van der Waals surface area contributed by atoms with Crippen LogP contribution in [-0.2, 0) is 21.6 Å². The van der Waals surface area contributed by atoms with Gasteiger partial charge in [0.2, 0.25) is 0 Å². The average molecular weight is 445 g/mol. The molecule has 1 fully saturated rings. The predicted octanol–water partition coefficient (Wildman–Crippen LogP) is 5.15. The topological polar surface area (TPSA) is 58.6 Å². The number of hydrogen-bond donors (Lipinski definition) is 1. The van der Waals surface area contributed by atoms with Gasteiger partial charge in [0, 0.05) is 37.0 Å². The van der Waals surface area contributed by atoms with Gasteiger partial charge in [-0.05, 0) is 60.1 Å². The molecule has 1 amide bonds. The van der Waals surface area contributed by atoms with Crippen LogP contribution < -0.4 is 4.72 Å². The molecule has 170 valence electrons. The standard InChI is InChI=1S/C22H34F2N2O3S/c1-15(25-30(28)21(5,6)7)17-9-8-10-18(11-17)22(23,24)12-16-13-26(14-16)19(27)29-20(2,3)4/h8-11,15-16,25H,12-14H2,1-7H3/t15-,30+/m1/s1. The quantitative estimate of drug-likeness (QED) is 0.660. The number of likely N-dealkylation sites (tertiary alicyclic amines) is 1. The smallest absolute Gasteiger partial charge is 0.410 e. The van der Waals surface area contributed by atoms with Crippen LogP contribution >= 0.6 is 0 Å². The van der Waals surface area contributed by atoms with Crippen LogP contribution in [0.15, 0.2) is 24.3 Å². The van der Waals surface area contributed by atoms with Crippen LogP contribution in [0.25, 0.3) is 0 Å². The van der Waals surface area contributed by atoms with E-state index in [0.717, 1.165) is 0 Å². The van der Waals surface area contributed by atoms with Crippen molar-refractivity contribution in [3.63, 3.8) is 0 Å². The molecule has 1 heterocycles. The van der Waals surface area contributed by atoms with Crippen molar-refractivity contribution in [1.82, 2.24) is 9.62 Å². The van der Waals surface area contributed by atoms with Crippen LogP contribution in [0.2, 0.25) is 0 Å². The second-order valence-electron chi connectivity index (χ2n) is 10.0. The molecule has 0 spiro atoms. The Labute approximate surface area is 181 Å². The summed E-state index contributed by atoms with van der Waals surface area (Å²) in [6.45, 7) is 13.2. The monoisotopic (exact) mass is 444 g/mol. The lowest BCUT2D eigenvalue weighted by Gasteiger charge is -2.41. The number of carbonyl (C=O) groups excluding carboxylic acids is 1. The molecule has 1 N–H and O–H groups in total. The lowest BCUT2D eigenvalue weighted by molar-refractivity contribution is -0.0612. The molecule has 1 aromatic rings. The van der Waals surface area contributed by atoms with Crippen LogP contribution in [-0.4, -0.2) is 38.6 Å². The zero-order valence-electron chi connectivity index (χ0n) is 18.9. The fourth-order valence-electron chi connectivity index (χ4n) is 3.10. The van der Waals surface area contributed by atoms with E-state index in [1.807, 2.05) is 27.7 Å². The molecule has 8 heteroatoms. The maximum atomic E-state index is 14.9. The van der Waals surface area contributed by atoms with E-state index < -0.39 is 33.3 Å². The van der Waals surface area contributed by atoms with Gasteiger partial charge in [-0.3, -0.25) is 0 Å². The van der Waals surface area contributed by atoms with Gasteiger partial charge in [-0.25, -0.2) is 22.5 Å². The summed E-state index contributed by atoms with van der Waals surface area (Å²) in [5, 5.41) is 0. The first-order chi connectivity index (χ1) is 13.6. The number of nitrogens with one attached hydrogen (secondary N) is 1. The van der Waals surface area contributed by atoms with Crippen LogP contribution in [0.5, 0.6) is 0 Å². The van der Waals surface area contributed by atoms with Gasteiger partial charge in [0.15, 0.2) is 0 Å². The third kappa shape index (κ3) is 6.74. The van der Waals surface area contributed by atoms with Gasteiger partial charge in [0.25, 0.3) is 5.92 Å². The minimum absolute atomic E-state index is 0.0640. The summed E-state index contributed by atoms with van der Waals surface area (Å²) in [7, 11) is -1.30. The number of nitrogens with zero attached hydrogens (tertiary/aromatic N) is 1. The van der Waals surface area contributed by atoms with Gasteiger partial charge in [-0.2, -0.15) is 0 Å². The Morgan fingerprint density at radius 1 is 1.23 bits per heavy atom. The van der Waals surface area contributed by atoms with E-state index in [0.29, 0.717) is 5.56 Å². The van der Waals surface area contributed by atoms with Crippen molar-refractivity contribution in [2.24, 2.45) is 5.92 Å². The Balaban J connectivity index is 1.98. The van der Waals surface area contributed by atoms with E-state index in [1.54, 1.807) is 32.9 Å². The lowest BCUT2D eigenvalue weighted by atomic mass is 9.89. The lowest BCUT2D eigenvalue weighted by Crippen LogP contribution is -2.52. The number of halogens is 2. The molecule has 2 rings (SSSR count). The number of alkyl halides is 2. The first-order valence-corrected chi connectivity index (χ1v) is 11.4. The van der Waals surface area contributed by atoms with Crippen molar-refractivity contribution in [2.45, 2.75) is 77.2 Å². The third-order valence-corrected chi connectivity index (χ3v) is 6.48. The zero-order valence-corrected chi connectivity index (χ0v) is 19.7. The Morgan fingerprint density at radius 2 is 1.83 bits per heavy atom. The summed E-state index contributed by atoms with van der Waals surface area (Å²) < 4.78 is 49.9. The third-order valence-electron chi connectivity index (χ3n) is 4.80. The summed E-state index contributed by atoms with van der Waals surface area (Å²) >= 11 is 0. The van der Waals surface area contributed by atoms with Crippen LogP contribution in [0.4, 0.5) is 13.6 Å². The molecule has 1 aliphatic heterocycles. The number of rotatable bonds is 6. The predicted molar refractivity (Wildman–Crippen MR) is 116 cm³/mol. The highest BCUT2D eigenvalue weighted by Gasteiger charge is 2.42. The van der Waals surface area contributed by atoms with E-state index >= 15 is 0 Å². The first-order valence-electron chi connectivity index (χ1n) is 10.2. The van der Waals surface area contributed by atoms with E-state index in [9.17, 15) is 17.8 Å². The minimum atomic E-state index is -3.01. The molecular weight excluding hydrogens is 410 g/mol. The largest absolute Gasteiger partial charge is 0.444 e. The molecule has 0 radical (unpaired) electrons. The van der Waals surface area contributed by atoms with Crippen molar-refractivity contribution in [1.29, 1.82) is 0 Å². The number of hydrogen-bond acceptors (Lipinski definition) is 3. The number of ether oxygens (including phenoxy) is 1. The normalized spacial score (nSPS) is 18.0. The van der Waals surface area contributed by atoms with Gasteiger partial charge < -0.3 is 9.64 Å². The van der Waals surface area contributed by atoms with E-state index in [4.69, 9.17) is 4.74 Å². The van der Waals surface area contributed by atoms with Crippen LogP contribution in [0.1, 0.15) is 72.1 Å². The molecule has 0 aliphatic carbocycles. The van der Waals surface area contributed by atoms with Gasteiger partial charge >= 0.3 is 6.09 Å². The summed E-state index contributed by atoms with van der Waals surface area (Å²) in [6, 6.07) is 5.92. The van der Waals surface area contributed by atoms with Gasteiger partial charge in [0.05, 0.1) is 15.7 Å². The highest BCUT2D eigenvalue weighted by atomic mass is 32.2. The molecule has 0 unspecified atom stereocenters. The van der Waals surface area contributed by atoms with Gasteiger partial charge in [0.1, 0.15) is 5.60 Å². The molecule has 1 saturated heterocycles. The van der Waals surface area contributed by atoms with Crippen molar-refractivity contribution >= 4 is 17.1 Å². The molecular formula is C22H34F2N2O3S. The Bertz CT molecular complexity index is 781. The van der Waals surface area contributed by atoms with Crippen LogP contribution in [0.3, 0.4) is 0 Å². The number of benzene rings is 1. The van der Waals surface area contributed by atoms with Crippen molar-refractivity contribution in [2.75, 3.05) is 13.1 Å². The first kappa shape index (κ1) is 24.7. The summed E-state index contributed by atoms with van der Waals surface area (Å²) in [6.07, 6.45) is -0.790. The summed E-state index contributed by atoms with van der Waals surface area (Å²) in [4.78, 5) is 13.4. The highest BCUT2D eigenvalue weighted by molar-refractivity contribution is 7.84. The fourth-order valence-corrected chi connectivity index (χ4v) is 3.91. The number of carbonyl (C=O) groups is 1. The average Bonchev–Trinajstić information content (AvgIpc) is 2.55. The molecule has 0 aromatic heterocycles. The maximum Gasteiger partial charge on any atom is 0.410 e. The Morgan fingerprint density at radius 3 is 2.37 bits per heavy atom. The second kappa shape index (κ2) is 8.91. The fraction of sp³-hybridized carbons (Fsp3) is 0.682.